The first kappa shape index (κ1) is 14.4. The Balaban J connectivity index is 3.58. The highest BCUT2D eigenvalue weighted by atomic mass is 16.3. The summed E-state index contributed by atoms with van der Waals surface area (Å²) in [7, 11) is 0. The van der Waals surface area contributed by atoms with Gasteiger partial charge in [0.2, 0.25) is 5.91 Å². The first-order valence-corrected chi connectivity index (χ1v) is 5.52. The molecule has 3 N–H and O–H groups in total. The number of carbonyl (C=O) groups excluding carboxylic acids is 1. The lowest BCUT2D eigenvalue weighted by Gasteiger charge is -2.23. The minimum Gasteiger partial charge on any atom is -0.394 e. The molecule has 0 spiro atoms. The number of nitrogens with one attached hydrogen (secondary N) is 2. The minimum atomic E-state index is -0.511. The third-order valence-corrected chi connectivity index (χ3v) is 2.01. The van der Waals surface area contributed by atoms with Crippen LogP contribution in [0.15, 0.2) is 0 Å². The zero-order chi connectivity index (χ0) is 11.9. The second-order valence-corrected chi connectivity index (χ2v) is 4.80. The van der Waals surface area contributed by atoms with Crippen molar-refractivity contribution in [1.29, 1.82) is 0 Å². The van der Waals surface area contributed by atoms with Crippen LogP contribution in [0.4, 0.5) is 0 Å². The van der Waals surface area contributed by atoms with E-state index in [2.05, 4.69) is 24.5 Å². The zero-order valence-electron chi connectivity index (χ0n) is 10.3. The topological polar surface area (TPSA) is 61.4 Å². The molecule has 0 aliphatic rings. The van der Waals surface area contributed by atoms with E-state index in [1.165, 1.54) is 0 Å². The summed E-state index contributed by atoms with van der Waals surface area (Å²) in [4.78, 5) is 11.4. The van der Waals surface area contributed by atoms with Gasteiger partial charge in [-0.2, -0.15) is 0 Å². The van der Waals surface area contributed by atoms with Gasteiger partial charge in [0.25, 0.3) is 0 Å². The van der Waals surface area contributed by atoms with Crippen LogP contribution >= 0.6 is 0 Å². The van der Waals surface area contributed by atoms with Gasteiger partial charge in [0.15, 0.2) is 0 Å². The molecular formula is C11H24N2O2. The maximum Gasteiger partial charge on any atom is 0.220 e. The Labute approximate surface area is 92.4 Å². The van der Waals surface area contributed by atoms with Crippen molar-refractivity contribution in [2.45, 2.75) is 52.1 Å². The van der Waals surface area contributed by atoms with Gasteiger partial charge in [-0.15, -0.1) is 0 Å². The molecule has 0 aliphatic carbocycles. The summed E-state index contributed by atoms with van der Waals surface area (Å²) < 4.78 is 0. The summed E-state index contributed by atoms with van der Waals surface area (Å²) in [5.74, 6) is -0.000365. The van der Waals surface area contributed by atoms with Crippen LogP contribution in [0.1, 0.15) is 40.5 Å². The van der Waals surface area contributed by atoms with E-state index in [0.29, 0.717) is 12.5 Å². The summed E-state index contributed by atoms with van der Waals surface area (Å²) in [5.41, 5.74) is -0.511. The summed E-state index contributed by atoms with van der Waals surface area (Å²) in [6.07, 6.45) is 1.33. The number of hydrogen-bond donors (Lipinski definition) is 3. The number of rotatable bonds is 7. The SMILES string of the molecule is CC(C)NCCCC(=O)NC(C)(C)CO. The Morgan fingerprint density at radius 3 is 2.47 bits per heavy atom. The first-order chi connectivity index (χ1) is 6.87. The van der Waals surface area contributed by atoms with Crippen LogP contribution in [0.2, 0.25) is 0 Å². The lowest BCUT2D eigenvalue weighted by molar-refractivity contribution is -0.123. The molecule has 15 heavy (non-hydrogen) atoms. The molecule has 0 aromatic heterocycles. The number of carbonyl (C=O) groups is 1. The molecule has 90 valence electrons. The van der Waals surface area contributed by atoms with Gasteiger partial charge in [0.1, 0.15) is 0 Å². The summed E-state index contributed by atoms with van der Waals surface area (Å²) in [6, 6.07) is 0.460. The van der Waals surface area contributed by atoms with Crippen molar-refractivity contribution < 1.29 is 9.90 Å². The van der Waals surface area contributed by atoms with Crippen molar-refractivity contribution in [2.24, 2.45) is 0 Å². The minimum absolute atomic E-state index is 0.000365. The molecule has 4 nitrogen and oxygen atoms in total. The van der Waals surface area contributed by atoms with Crippen molar-refractivity contribution >= 4 is 5.91 Å². The molecule has 0 aliphatic heterocycles. The van der Waals surface area contributed by atoms with Crippen LogP contribution in [0, 0.1) is 0 Å². The molecule has 0 aromatic rings. The molecule has 0 radical (unpaired) electrons. The van der Waals surface area contributed by atoms with Gasteiger partial charge < -0.3 is 15.7 Å². The monoisotopic (exact) mass is 216 g/mol. The standard InChI is InChI=1S/C11H24N2O2/c1-9(2)12-7-5-6-10(15)13-11(3,4)8-14/h9,12,14H,5-8H2,1-4H3,(H,13,15). The molecular weight excluding hydrogens is 192 g/mol. The fourth-order valence-electron chi connectivity index (χ4n) is 1.12. The highest BCUT2D eigenvalue weighted by Crippen LogP contribution is 2.01. The molecule has 0 heterocycles. The van der Waals surface area contributed by atoms with E-state index in [0.717, 1.165) is 13.0 Å². The summed E-state index contributed by atoms with van der Waals surface area (Å²) in [6.45, 7) is 8.58. The van der Waals surface area contributed by atoms with E-state index < -0.39 is 5.54 Å². The van der Waals surface area contributed by atoms with Crippen LogP contribution < -0.4 is 10.6 Å². The van der Waals surface area contributed by atoms with Crippen LogP contribution in [0.3, 0.4) is 0 Å². The fraction of sp³-hybridized carbons (Fsp3) is 0.909. The van der Waals surface area contributed by atoms with Gasteiger partial charge in [-0.05, 0) is 26.8 Å². The molecule has 0 bridgehead atoms. The van der Waals surface area contributed by atoms with E-state index in [-0.39, 0.29) is 12.5 Å². The molecule has 0 unspecified atom stereocenters. The predicted octanol–water partition coefficient (Wildman–Crippen LogP) is 0.652. The van der Waals surface area contributed by atoms with Crippen molar-refractivity contribution in [2.75, 3.05) is 13.2 Å². The average molecular weight is 216 g/mol. The first-order valence-electron chi connectivity index (χ1n) is 5.52. The van der Waals surface area contributed by atoms with Crippen LogP contribution in [-0.2, 0) is 4.79 Å². The van der Waals surface area contributed by atoms with E-state index in [4.69, 9.17) is 5.11 Å². The Morgan fingerprint density at radius 2 is 2.00 bits per heavy atom. The third-order valence-electron chi connectivity index (χ3n) is 2.01. The molecule has 0 atom stereocenters. The van der Waals surface area contributed by atoms with Crippen LogP contribution in [-0.4, -0.2) is 35.7 Å². The highest BCUT2D eigenvalue weighted by molar-refractivity contribution is 5.76. The Morgan fingerprint density at radius 1 is 1.40 bits per heavy atom. The van der Waals surface area contributed by atoms with E-state index in [1.807, 2.05) is 0 Å². The number of amides is 1. The van der Waals surface area contributed by atoms with Crippen LogP contribution in [0.25, 0.3) is 0 Å². The molecule has 0 aromatic carbocycles. The molecule has 0 saturated heterocycles. The second-order valence-electron chi connectivity index (χ2n) is 4.80. The number of hydrogen-bond acceptors (Lipinski definition) is 3. The fourth-order valence-corrected chi connectivity index (χ4v) is 1.12. The van der Waals surface area contributed by atoms with Gasteiger partial charge in [0, 0.05) is 12.5 Å². The largest absolute Gasteiger partial charge is 0.394 e. The average Bonchev–Trinajstić information content (AvgIpc) is 2.11. The molecule has 0 rings (SSSR count). The second kappa shape index (κ2) is 6.80. The molecule has 0 fully saturated rings. The van der Waals surface area contributed by atoms with Gasteiger partial charge in [-0.3, -0.25) is 4.79 Å². The molecule has 4 heteroatoms. The van der Waals surface area contributed by atoms with Gasteiger partial charge in [0.05, 0.1) is 12.1 Å². The van der Waals surface area contributed by atoms with Gasteiger partial charge >= 0.3 is 0 Å². The van der Waals surface area contributed by atoms with Crippen molar-refractivity contribution in [1.82, 2.24) is 10.6 Å². The quantitative estimate of drug-likeness (QED) is 0.548. The zero-order valence-corrected chi connectivity index (χ0v) is 10.3. The van der Waals surface area contributed by atoms with Gasteiger partial charge in [-0.25, -0.2) is 0 Å². The Kier molecular flexibility index (Phi) is 6.52. The van der Waals surface area contributed by atoms with Crippen molar-refractivity contribution in [3.05, 3.63) is 0 Å². The summed E-state index contributed by atoms with van der Waals surface area (Å²) >= 11 is 0. The third kappa shape index (κ3) is 8.39. The normalized spacial score (nSPS) is 11.9. The molecule has 0 saturated carbocycles. The van der Waals surface area contributed by atoms with E-state index in [9.17, 15) is 4.79 Å². The maximum atomic E-state index is 11.4. The number of aliphatic hydroxyl groups is 1. The lowest BCUT2D eigenvalue weighted by atomic mass is 10.1. The number of aliphatic hydroxyl groups excluding tert-OH is 1. The van der Waals surface area contributed by atoms with Crippen LogP contribution in [0.5, 0.6) is 0 Å². The summed E-state index contributed by atoms with van der Waals surface area (Å²) in [5, 5.41) is 15.0. The van der Waals surface area contributed by atoms with E-state index in [1.54, 1.807) is 13.8 Å². The lowest BCUT2D eigenvalue weighted by Crippen LogP contribution is -2.46. The van der Waals surface area contributed by atoms with E-state index >= 15 is 0 Å². The highest BCUT2D eigenvalue weighted by Gasteiger charge is 2.18. The molecule has 1 amide bonds. The Hall–Kier alpha value is -0.610. The van der Waals surface area contributed by atoms with Gasteiger partial charge in [-0.1, -0.05) is 13.8 Å². The smallest absolute Gasteiger partial charge is 0.220 e. The van der Waals surface area contributed by atoms with Crippen molar-refractivity contribution in [3.8, 4) is 0 Å². The van der Waals surface area contributed by atoms with Crippen molar-refractivity contribution in [3.63, 3.8) is 0 Å². The maximum absolute atomic E-state index is 11.4. The Bertz CT molecular complexity index is 191. The predicted molar refractivity (Wildman–Crippen MR) is 61.7 cm³/mol.